The fraction of sp³-hybridized carbons (Fsp3) is 0.853. The summed E-state index contributed by atoms with van der Waals surface area (Å²) in [4.78, 5) is 25.6. The van der Waals surface area contributed by atoms with E-state index in [0.717, 1.165) is 51.4 Å². The fourth-order valence-corrected chi connectivity index (χ4v) is 11.7. The van der Waals surface area contributed by atoms with E-state index in [1.165, 1.54) is 289 Å². The lowest BCUT2D eigenvalue weighted by atomic mass is 10.0. The van der Waals surface area contributed by atoms with Gasteiger partial charge < -0.3 is 28.8 Å². The van der Waals surface area contributed by atoms with E-state index >= 15 is 0 Å². The number of nitrogens with one attached hydrogen (secondary N) is 1. The molecule has 0 spiro atoms. The molecule has 0 rings (SSSR count). The van der Waals surface area contributed by atoms with Gasteiger partial charge in [0.15, 0.2) is 0 Å². The average molecular weight is 1200 g/mol. The first-order chi connectivity index (χ1) is 41.0. The minimum absolute atomic E-state index is 0.00545. The number of hydrogen-bond acceptors (Lipinski definition) is 6. The highest BCUT2D eigenvalue weighted by atomic mass is 31.2. The van der Waals surface area contributed by atoms with Gasteiger partial charge in [0.1, 0.15) is 13.2 Å². The Kier molecular flexibility index (Phi) is 64.2. The predicted octanol–water partition coefficient (Wildman–Crippen LogP) is 22.9. The number of likely N-dealkylation sites (N-methyl/N-ethyl adjacent to an activating group) is 1. The van der Waals surface area contributed by atoms with E-state index in [2.05, 4.69) is 67.8 Å². The molecule has 0 aromatic rings. The lowest BCUT2D eigenvalue weighted by molar-refractivity contribution is -0.870. The molecule has 0 aromatic heterocycles. The van der Waals surface area contributed by atoms with Crippen molar-refractivity contribution in [3.8, 4) is 0 Å². The number of unbranched alkanes of at least 4 members (excludes halogenated alkanes) is 47. The van der Waals surface area contributed by atoms with Gasteiger partial charge in [-0.1, -0.05) is 344 Å². The number of hydrogen-bond donors (Lipinski definition) is 2. The van der Waals surface area contributed by atoms with Crippen molar-refractivity contribution >= 4 is 13.7 Å². The van der Waals surface area contributed by atoms with E-state index in [0.29, 0.717) is 17.4 Å². The molecule has 0 aliphatic rings. The number of aliphatic hydroxyl groups excluding tert-OH is 1. The topological polar surface area (TPSA) is 108 Å². The summed E-state index contributed by atoms with van der Waals surface area (Å²) in [6.45, 7) is 4.66. The summed E-state index contributed by atoms with van der Waals surface area (Å²) in [6.07, 6.45) is 90.8. The van der Waals surface area contributed by atoms with Gasteiger partial charge in [-0.2, -0.15) is 0 Å². The molecule has 0 bridgehead atoms. The van der Waals surface area contributed by atoms with Crippen LogP contribution >= 0.6 is 7.82 Å². The quantitative estimate of drug-likeness (QED) is 0.0272. The second kappa shape index (κ2) is 65.6. The number of allylic oxidation sites excluding steroid dienone is 9. The summed E-state index contributed by atoms with van der Waals surface area (Å²) >= 11 is 0. The first-order valence-corrected chi connectivity index (χ1v) is 38.1. The van der Waals surface area contributed by atoms with Crippen molar-refractivity contribution in [1.82, 2.24) is 5.32 Å². The number of aliphatic hydroxyl groups is 1. The fourth-order valence-electron chi connectivity index (χ4n) is 11.0. The monoisotopic (exact) mass is 1200 g/mol. The highest BCUT2D eigenvalue weighted by molar-refractivity contribution is 7.45. The minimum atomic E-state index is -4.61. The maximum atomic E-state index is 13.0. The maximum absolute atomic E-state index is 13.0. The number of nitrogens with zero attached hydrogens (tertiary/aromatic N) is 1. The molecular weight excluding hydrogens is 1060 g/mol. The molecule has 0 saturated carbocycles. The zero-order valence-electron chi connectivity index (χ0n) is 56.6. The van der Waals surface area contributed by atoms with Crippen molar-refractivity contribution in [3.05, 3.63) is 60.8 Å². The SMILES string of the molecule is CCCCCCC/C=C\C/C=C\C/C=C\CCCCCCCCCCCCCCCCCCCCCCCCCCC(=O)NC(COP(=O)([O-])OCC[N+](C)(C)C)C(O)/C=C/CC/C=C/CCCCCCCCCCCCCCCCCCC. The Morgan fingerprint density at radius 1 is 0.417 bits per heavy atom. The largest absolute Gasteiger partial charge is 0.756 e. The molecule has 2 N–H and O–H groups in total. The lowest BCUT2D eigenvalue weighted by Crippen LogP contribution is -2.45. The second-order valence-electron chi connectivity index (χ2n) is 26.3. The lowest BCUT2D eigenvalue weighted by Gasteiger charge is -2.29. The minimum Gasteiger partial charge on any atom is -0.756 e. The third-order valence-electron chi connectivity index (χ3n) is 16.7. The van der Waals surface area contributed by atoms with Crippen molar-refractivity contribution in [2.45, 2.75) is 373 Å². The molecule has 8 nitrogen and oxygen atoms in total. The van der Waals surface area contributed by atoms with Crippen LogP contribution in [0.15, 0.2) is 60.8 Å². The van der Waals surface area contributed by atoms with Gasteiger partial charge in [-0.15, -0.1) is 0 Å². The molecule has 0 heterocycles. The van der Waals surface area contributed by atoms with Gasteiger partial charge in [-0.25, -0.2) is 0 Å². The van der Waals surface area contributed by atoms with Gasteiger partial charge in [0.2, 0.25) is 5.91 Å². The van der Waals surface area contributed by atoms with Gasteiger partial charge in [0.25, 0.3) is 7.82 Å². The highest BCUT2D eigenvalue weighted by Gasteiger charge is 2.23. The summed E-state index contributed by atoms with van der Waals surface area (Å²) in [5, 5.41) is 13.9. The van der Waals surface area contributed by atoms with Crippen LogP contribution in [-0.4, -0.2) is 68.5 Å². The molecule has 1 amide bonds. The zero-order valence-corrected chi connectivity index (χ0v) is 57.5. The van der Waals surface area contributed by atoms with E-state index in [1.807, 2.05) is 27.2 Å². The van der Waals surface area contributed by atoms with Crippen molar-refractivity contribution < 1.29 is 32.9 Å². The summed E-state index contributed by atoms with van der Waals surface area (Å²) in [6, 6.07) is -0.905. The summed E-state index contributed by atoms with van der Waals surface area (Å²) in [5.74, 6) is -0.201. The first-order valence-electron chi connectivity index (χ1n) is 36.7. The maximum Gasteiger partial charge on any atom is 0.268 e. The van der Waals surface area contributed by atoms with Crippen LogP contribution < -0.4 is 10.2 Å². The van der Waals surface area contributed by atoms with Gasteiger partial charge in [-0.3, -0.25) is 9.36 Å². The van der Waals surface area contributed by atoms with E-state index in [4.69, 9.17) is 9.05 Å². The normalized spacial score (nSPS) is 13.9. The second-order valence-corrected chi connectivity index (χ2v) is 27.7. The molecule has 0 aromatic carbocycles. The first kappa shape index (κ1) is 82.2. The Labute approximate surface area is 523 Å². The Balaban J connectivity index is 3.98. The van der Waals surface area contributed by atoms with E-state index in [-0.39, 0.29) is 12.5 Å². The average Bonchev–Trinajstić information content (AvgIpc) is 3.56. The molecule has 3 unspecified atom stereocenters. The van der Waals surface area contributed by atoms with Crippen molar-refractivity contribution in [2.24, 2.45) is 0 Å². The molecule has 3 atom stereocenters. The van der Waals surface area contributed by atoms with Crippen LogP contribution in [0.5, 0.6) is 0 Å². The van der Waals surface area contributed by atoms with Crippen molar-refractivity contribution in [2.75, 3.05) is 40.9 Å². The van der Waals surface area contributed by atoms with Crippen molar-refractivity contribution in [1.29, 1.82) is 0 Å². The third-order valence-corrected chi connectivity index (χ3v) is 17.7. The Bertz CT molecular complexity index is 1550. The van der Waals surface area contributed by atoms with Crippen LogP contribution in [0.2, 0.25) is 0 Å². The Morgan fingerprint density at radius 3 is 1.05 bits per heavy atom. The number of rotatable bonds is 68. The predicted molar refractivity (Wildman–Crippen MR) is 367 cm³/mol. The molecule has 0 aliphatic carbocycles. The summed E-state index contributed by atoms with van der Waals surface area (Å²) in [7, 11) is 1.26. The van der Waals surface area contributed by atoms with Crippen LogP contribution in [0.1, 0.15) is 361 Å². The van der Waals surface area contributed by atoms with Crippen LogP contribution in [0.4, 0.5) is 0 Å². The molecule has 0 radical (unpaired) electrons. The zero-order chi connectivity index (χ0) is 61.2. The standard InChI is InChI=1S/C75H143N2O6P/c1-6-8-10-12-14-16-18-20-22-24-26-28-30-31-32-33-34-35-36-37-38-39-40-41-42-43-44-45-47-49-51-53-55-57-59-61-63-65-67-69-75(79)76-73(72-83-84(80,81)82-71-70-77(3,4)5)74(78)68-66-64-62-60-58-56-54-52-50-48-46-29-27-25-23-21-19-17-15-13-11-9-7-2/h18,20,24,26,30-31,58,60,66,68,73-74,78H,6-17,19,21-23,25,27-29,32-57,59,61-65,67,69-72H2,1-5H3,(H-,76,79,80,81)/b20-18-,26-24-,31-30-,60-58+,68-66+. The molecule has 0 saturated heterocycles. The number of carbonyl (C=O) groups excluding carboxylic acids is 1. The number of quaternary nitrogens is 1. The molecule has 84 heavy (non-hydrogen) atoms. The van der Waals surface area contributed by atoms with Gasteiger partial charge in [0, 0.05) is 6.42 Å². The summed E-state index contributed by atoms with van der Waals surface area (Å²) in [5.41, 5.74) is 0. The van der Waals surface area contributed by atoms with Crippen molar-refractivity contribution in [3.63, 3.8) is 0 Å². The molecule has 0 fully saturated rings. The number of phosphoric acid groups is 1. The smallest absolute Gasteiger partial charge is 0.268 e. The third kappa shape index (κ3) is 67.7. The molecule has 0 aliphatic heterocycles. The number of amides is 1. The van der Waals surface area contributed by atoms with E-state index in [1.54, 1.807) is 6.08 Å². The van der Waals surface area contributed by atoms with E-state index in [9.17, 15) is 19.4 Å². The Morgan fingerprint density at radius 2 is 0.702 bits per heavy atom. The van der Waals surface area contributed by atoms with Gasteiger partial charge in [-0.05, 0) is 70.6 Å². The highest BCUT2D eigenvalue weighted by Crippen LogP contribution is 2.38. The van der Waals surface area contributed by atoms with Gasteiger partial charge >= 0.3 is 0 Å². The number of carbonyl (C=O) groups is 1. The van der Waals surface area contributed by atoms with Gasteiger partial charge in [0.05, 0.1) is 39.9 Å². The Hall–Kier alpha value is -1.80. The molecule has 9 heteroatoms. The van der Waals surface area contributed by atoms with Crippen LogP contribution in [0, 0.1) is 0 Å². The summed E-state index contributed by atoms with van der Waals surface area (Å²) < 4.78 is 23.4. The van der Waals surface area contributed by atoms with Crippen LogP contribution in [0.3, 0.4) is 0 Å². The number of phosphoric ester groups is 1. The van der Waals surface area contributed by atoms with E-state index < -0.39 is 26.6 Å². The van der Waals surface area contributed by atoms with Crippen LogP contribution in [0.25, 0.3) is 0 Å². The van der Waals surface area contributed by atoms with Crippen LogP contribution in [-0.2, 0) is 18.4 Å². The molecule has 494 valence electrons. The molecular formula is C75H143N2O6P.